The first-order valence-electron chi connectivity index (χ1n) is 7.96. The van der Waals surface area contributed by atoms with E-state index in [0.717, 1.165) is 6.07 Å². The van der Waals surface area contributed by atoms with E-state index in [-0.39, 0.29) is 28.6 Å². The van der Waals surface area contributed by atoms with Crippen molar-refractivity contribution in [3.05, 3.63) is 80.9 Å². The summed E-state index contributed by atoms with van der Waals surface area (Å²) < 4.78 is 18.1. The monoisotopic (exact) mass is 407 g/mol. The smallest absolute Gasteiger partial charge is 0.356 e. The van der Waals surface area contributed by atoms with E-state index in [1.807, 2.05) is 0 Å². The van der Waals surface area contributed by atoms with Crippen LogP contribution in [0.15, 0.2) is 54.4 Å². The number of nitro benzene ring substituents is 1. The van der Waals surface area contributed by atoms with Crippen molar-refractivity contribution < 1.29 is 23.6 Å². The van der Waals surface area contributed by atoms with Crippen molar-refractivity contribution in [1.82, 2.24) is 5.32 Å². The molecule has 0 heterocycles. The van der Waals surface area contributed by atoms with Crippen LogP contribution in [0.1, 0.15) is 17.3 Å². The molecule has 0 atom stereocenters. The van der Waals surface area contributed by atoms with Crippen molar-refractivity contribution >= 4 is 34.9 Å². The fourth-order valence-electron chi connectivity index (χ4n) is 2.03. The summed E-state index contributed by atoms with van der Waals surface area (Å²) in [6.07, 6.45) is 1.17. The molecule has 0 unspecified atom stereocenters. The number of hydrogen-bond donors (Lipinski definition) is 2. The number of amides is 1. The minimum absolute atomic E-state index is 0.0753. The molecule has 0 aromatic heterocycles. The summed E-state index contributed by atoms with van der Waals surface area (Å²) in [4.78, 5) is 34.5. The molecule has 2 aromatic carbocycles. The third kappa shape index (κ3) is 5.52. The van der Waals surface area contributed by atoms with Crippen LogP contribution in [0.2, 0.25) is 5.02 Å². The Kier molecular flexibility index (Phi) is 7.05. The average Bonchev–Trinajstić information content (AvgIpc) is 2.67. The quantitative estimate of drug-likeness (QED) is 0.314. The van der Waals surface area contributed by atoms with E-state index < -0.39 is 22.6 Å². The van der Waals surface area contributed by atoms with Crippen molar-refractivity contribution in [2.45, 2.75) is 6.92 Å². The van der Waals surface area contributed by atoms with Crippen LogP contribution in [0.4, 0.5) is 15.8 Å². The van der Waals surface area contributed by atoms with Crippen molar-refractivity contribution in [1.29, 1.82) is 0 Å². The van der Waals surface area contributed by atoms with Gasteiger partial charge in [0.05, 0.1) is 16.6 Å². The number of hydrogen-bond acceptors (Lipinski definition) is 6. The Bertz CT molecular complexity index is 931. The van der Waals surface area contributed by atoms with Crippen LogP contribution in [0.25, 0.3) is 0 Å². The molecule has 0 aliphatic heterocycles. The van der Waals surface area contributed by atoms with Crippen LogP contribution in [0.5, 0.6) is 0 Å². The lowest BCUT2D eigenvalue weighted by atomic mass is 10.2. The number of esters is 1. The highest BCUT2D eigenvalue weighted by atomic mass is 35.5. The van der Waals surface area contributed by atoms with Gasteiger partial charge in [0.2, 0.25) is 0 Å². The lowest BCUT2D eigenvalue weighted by molar-refractivity contribution is -0.384. The predicted molar refractivity (Wildman–Crippen MR) is 100 cm³/mol. The number of ether oxygens (including phenoxy) is 1. The van der Waals surface area contributed by atoms with Crippen LogP contribution >= 0.6 is 11.6 Å². The Morgan fingerprint density at radius 1 is 1.25 bits per heavy atom. The number of anilines is 1. The van der Waals surface area contributed by atoms with Gasteiger partial charge in [0.25, 0.3) is 11.6 Å². The number of nitrogens with zero attached hydrogens (tertiary/aromatic N) is 1. The van der Waals surface area contributed by atoms with Crippen LogP contribution in [0, 0.1) is 15.9 Å². The van der Waals surface area contributed by atoms with Crippen molar-refractivity contribution in [3.8, 4) is 0 Å². The highest BCUT2D eigenvalue weighted by molar-refractivity contribution is 6.31. The molecule has 0 saturated heterocycles. The third-order valence-electron chi connectivity index (χ3n) is 3.39. The number of rotatable bonds is 7. The second-order valence-electron chi connectivity index (χ2n) is 5.31. The van der Waals surface area contributed by atoms with E-state index in [1.54, 1.807) is 6.92 Å². The van der Waals surface area contributed by atoms with E-state index in [0.29, 0.717) is 5.69 Å². The van der Waals surface area contributed by atoms with Gasteiger partial charge < -0.3 is 15.4 Å². The van der Waals surface area contributed by atoms with Crippen molar-refractivity contribution in [3.63, 3.8) is 0 Å². The zero-order chi connectivity index (χ0) is 20.7. The molecule has 28 heavy (non-hydrogen) atoms. The number of nitro groups is 1. The number of nitrogens with one attached hydrogen (secondary N) is 2. The van der Waals surface area contributed by atoms with Crippen LogP contribution < -0.4 is 10.6 Å². The maximum atomic E-state index is 13.2. The number of halogens is 2. The van der Waals surface area contributed by atoms with E-state index in [1.165, 1.54) is 42.6 Å². The van der Waals surface area contributed by atoms with E-state index in [4.69, 9.17) is 16.3 Å². The maximum absolute atomic E-state index is 13.2. The van der Waals surface area contributed by atoms with E-state index in [2.05, 4.69) is 10.6 Å². The highest BCUT2D eigenvalue weighted by Gasteiger charge is 2.16. The van der Waals surface area contributed by atoms with Gasteiger partial charge in [0.1, 0.15) is 11.5 Å². The number of carbonyl (C=O) groups is 2. The second-order valence-corrected chi connectivity index (χ2v) is 5.72. The van der Waals surface area contributed by atoms with Crippen LogP contribution in [-0.2, 0) is 9.53 Å². The summed E-state index contributed by atoms with van der Waals surface area (Å²) in [7, 11) is 0. The van der Waals surface area contributed by atoms with E-state index >= 15 is 0 Å². The first-order chi connectivity index (χ1) is 13.3. The molecule has 0 aliphatic rings. The molecule has 146 valence electrons. The molecule has 0 aliphatic carbocycles. The maximum Gasteiger partial charge on any atom is 0.356 e. The summed E-state index contributed by atoms with van der Waals surface area (Å²) in [6, 6.07) is 8.67. The minimum atomic E-state index is -0.807. The minimum Gasteiger partial charge on any atom is -0.461 e. The standard InChI is InChI=1S/C18H15ClFN3O5/c1-2-28-18(25)16(10-21-12-5-8-15(20)14(19)9-12)22-17(24)11-3-6-13(7-4-11)23(26)27/h3-10,21H,2H2,1H3,(H,22,24). The average molecular weight is 408 g/mol. The molecule has 2 N–H and O–H groups in total. The predicted octanol–water partition coefficient (Wildman–Crippen LogP) is 3.63. The van der Waals surface area contributed by atoms with Gasteiger partial charge in [0.15, 0.2) is 0 Å². The van der Waals surface area contributed by atoms with Gasteiger partial charge in [0, 0.05) is 29.6 Å². The van der Waals surface area contributed by atoms with Crippen molar-refractivity contribution in [2.24, 2.45) is 0 Å². The number of benzene rings is 2. The molecule has 0 spiro atoms. The summed E-state index contributed by atoms with van der Waals surface area (Å²) >= 11 is 5.70. The Hall–Kier alpha value is -3.46. The second kappa shape index (κ2) is 9.47. The molecule has 0 fully saturated rings. The molecule has 1 amide bonds. The summed E-state index contributed by atoms with van der Waals surface area (Å²) in [5.74, 6) is -2.08. The first kappa shape index (κ1) is 20.8. The molecule has 10 heteroatoms. The summed E-state index contributed by atoms with van der Waals surface area (Å²) in [5, 5.41) is 15.6. The fraction of sp³-hybridized carbons (Fsp3) is 0.111. The molecular weight excluding hydrogens is 393 g/mol. The van der Waals surface area contributed by atoms with Crippen molar-refractivity contribution in [2.75, 3.05) is 11.9 Å². The molecule has 0 radical (unpaired) electrons. The van der Waals surface area contributed by atoms with Gasteiger partial charge in [-0.15, -0.1) is 0 Å². The number of non-ortho nitro benzene ring substituents is 1. The molecular formula is C18H15ClFN3O5. The summed E-state index contributed by atoms with van der Waals surface area (Å²) in [5.41, 5.74) is 0.0848. The van der Waals surface area contributed by atoms with Gasteiger partial charge in [-0.05, 0) is 37.3 Å². The van der Waals surface area contributed by atoms with Gasteiger partial charge in [-0.3, -0.25) is 14.9 Å². The van der Waals surface area contributed by atoms with Gasteiger partial charge >= 0.3 is 5.97 Å². The van der Waals surface area contributed by atoms with Gasteiger partial charge in [-0.2, -0.15) is 0 Å². The van der Waals surface area contributed by atoms with Crippen LogP contribution in [-0.4, -0.2) is 23.4 Å². The Morgan fingerprint density at radius 2 is 1.93 bits per heavy atom. The lowest BCUT2D eigenvalue weighted by Gasteiger charge is -2.10. The SMILES string of the molecule is CCOC(=O)C(=CNc1ccc(F)c(Cl)c1)NC(=O)c1ccc([N+](=O)[O-])cc1. The van der Waals surface area contributed by atoms with Crippen LogP contribution in [0.3, 0.4) is 0 Å². The van der Waals surface area contributed by atoms with Gasteiger partial charge in [-0.25, -0.2) is 9.18 Å². The van der Waals surface area contributed by atoms with E-state index in [9.17, 15) is 24.1 Å². The first-order valence-corrected chi connectivity index (χ1v) is 8.34. The Morgan fingerprint density at radius 3 is 2.50 bits per heavy atom. The highest BCUT2D eigenvalue weighted by Crippen LogP contribution is 2.19. The fourth-order valence-corrected chi connectivity index (χ4v) is 2.21. The topological polar surface area (TPSA) is 111 Å². The zero-order valence-electron chi connectivity index (χ0n) is 14.6. The molecule has 0 bridgehead atoms. The lowest BCUT2D eigenvalue weighted by Crippen LogP contribution is -2.29. The molecule has 8 nitrogen and oxygen atoms in total. The Balaban J connectivity index is 2.19. The Labute approximate surface area is 164 Å². The normalized spacial score (nSPS) is 10.9. The zero-order valence-corrected chi connectivity index (χ0v) is 15.3. The number of carbonyl (C=O) groups excluding carboxylic acids is 2. The largest absolute Gasteiger partial charge is 0.461 e. The molecule has 0 saturated carbocycles. The van der Waals surface area contributed by atoms with Gasteiger partial charge in [-0.1, -0.05) is 11.6 Å². The molecule has 2 aromatic rings. The third-order valence-corrected chi connectivity index (χ3v) is 3.68. The molecule has 2 rings (SSSR count). The summed E-state index contributed by atoms with van der Waals surface area (Å²) in [6.45, 7) is 1.67.